The van der Waals surface area contributed by atoms with Gasteiger partial charge in [-0.15, -0.1) is 11.3 Å². The first kappa shape index (κ1) is 9.68. The van der Waals surface area contributed by atoms with Gasteiger partial charge in [-0.05, 0) is 13.3 Å². The van der Waals surface area contributed by atoms with Gasteiger partial charge < -0.3 is 5.73 Å². The lowest BCUT2D eigenvalue weighted by Crippen LogP contribution is -2.28. The zero-order valence-corrected chi connectivity index (χ0v) is 9.18. The van der Waals surface area contributed by atoms with Gasteiger partial charge in [0.25, 0.3) is 0 Å². The average Bonchev–Trinajstić information content (AvgIpc) is 2.56. The largest absolute Gasteiger partial charge is 0.375 e. The van der Waals surface area contributed by atoms with Crippen molar-refractivity contribution in [3.05, 3.63) is 22.7 Å². The molecule has 0 saturated carbocycles. The average molecular weight is 209 g/mol. The summed E-state index contributed by atoms with van der Waals surface area (Å²) in [5.74, 6) is 0. The summed E-state index contributed by atoms with van der Waals surface area (Å²) >= 11 is 1.52. The fourth-order valence-electron chi connectivity index (χ4n) is 1.58. The van der Waals surface area contributed by atoms with E-state index in [9.17, 15) is 0 Å². The van der Waals surface area contributed by atoms with Crippen molar-refractivity contribution < 1.29 is 0 Å². The van der Waals surface area contributed by atoms with Crippen LogP contribution in [0.25, 0.3) is 0 Å². The van der Waals surface area contributed by atoms with E-state index in [1.54, 1.807) is 0 Å². The Morgan fingerprint density at radius 3 is 3.07 bits per heavy atom. The van der Waals surface area contributed by atoms with Gasteiger partial charge in [0.15, 0.2) is 5.13 Å². The van der Waals surface area contributed by atoms with Crippen molar-refractivity contribution in [2.24, 2.45) is 0 Å². The molecule has 0 unspecified atom stereocenters. The van der Waals surface area contributed by atoms with E-state index in [-0.39, 0.29) is 0 Å². The van der Waals surface area contributed by atoms with E-state index in [0.29, 0.717) is 5.13 Å². The molecular weight excluding hydrogens is 194 g/mol. The zero-order valence-electron chi connectivity index (χ0n) is 8.36. The lowest BCUT2D eigenvalue weighted by molar-refractivity contribution is 0.283. The van der Waals surface area contributed by atoms with Gasteiger partial charge in [0, 0.05) is 25.0 Å². The Bertz CT molecular complexity index is 343. The molecule has 1 aliphatic rings. The van der Waals surface area contributed by atoms with Crippen LogP contribution in [0.15, 0.2) is 17.0 Å². The first-order chi connectivity index (χ1) is 6.74. The van der Waals surface area contributed by atoms with Gasteiger partial charge in [0.1, 0.15) is 0 Å². The van der Waals surface area contributed by atoms with Crippen molar-refractivity contribution in [1.29, 1.82) is 0 Å². The Morgan fingerprint density at radius 1 is 1.64 bits per heavy atom. The van der Waals surface area contributed by atoms with E-state index < -0.39 is 0 Å². The van der Waals surface area contributed by atoms with Crippen LogP contribution in [0.4, 0.5) is 5.13 Å². The number of hydrogen-bond acceptors (Lipinski definition) is 4. The van der Waals surface area contributed by atoms with Gasteiger partial charge >= 0.3 is 0 Å². The maximum absolute atomic E-state index is 5.58. The third-order valence-corrected chi connectivity index (χ3v) is 3.20. The van der Waals surface area contributed by atoms with Crippen LogP contribution in [0.2, 0.25) is 0 Å². The Labute approximate surface area is 88.3 Å². The molecule has 2 heterocycles. The predicted molar refractivity (Wildman–Crippen MR) is 60.2 cm³/mol. The van der Waals surface area contributed by atoms with Crippen molar-refractivity contribution in [1.82, 2.24) is 9.88 Å². The minimum atomic E-state index is 0.670. The van der Waals surface area contributed by atoms with Gasteiger partial charge in [0.05, 0.1) is 5.69 Å². The Kier molecular flexibility index (Phi) is 2.84. The molecule has 14 heavy (non-hydrogen) atoms. The van der Waals surface area contributed by atoms with E-state index in [0.717, 1.165) is 25.3 Å². The van der Waals surface area contributed by atoms with Crippen LogP contribution in [-0.4, -0.2) is 23.0 Å². The molecule has 0 aromatic carbocycles. The number of aromatic nitrogens is 1. The minimum absolute atomic E-state index is 0.670. The molecule has 0 amide bonds. The molecule has 1 aliphatic heterocycles. The summed E-state index contributed by atoms with van der Waals surface area (Å²) < 4.78 is 0. The summed E-state index contributed by atoms with van der Waals surface area (Å²) in [5, 5.41) is 2.71. The summed E-state index contributed by atoms with van der Waals surface area (Å²) in [6.45, 7) is 5.30. The van der Waals surface area contributed by atoms with Crippen molar-refractivity contribution >= 4 is 16.5 Å². The highest BCUT2D eigenvalue weighted by Gasteiger charge is 2.10. The van der Waals surface area contributed by atoms with Crippen LogP contribution in [0.5, 0.6) is 0 Å². The molecule has 0 fully saturated rings. The summed E-state index contributed by atoms with van der Waals surface area (Å²) in [7, 11) is 0. The summed E-state index contributed by atoms with van der Waals surface area (Å²) in [6, 6.07) is 0. The second-order valence-electron chi connectivity index (χ2n) is 3.71. The van der Waals surface area contributed by atoms with Gasteiger partial charge in [-0.3, -0.25) is 4.90 Å². The standard InChI is InChI=1S/C10H15N3S/c1-8-2-4-13(5-3-8)6-9-7-14-10(11)12-9/h2,7H,3-6H2,1H3,(H2,11,12). The molecule has 0 spiro atoms. The fourth-order valence-corrected chi connectivity index (χ4v) is 2.13. The fraction of sp³-hybridized carbons (Fsp3) is 0.500. The second-order valence-corrected chi connectivity index (χ2v) is 4.60. The number of nitrogens with zero attached hydrogens (tertiary/aromatic N) is 2. The molecule has 2 N–H and O–H groups in total. The van der Waals surface area contributed by atoms with Crippen LogP contribution < -0.4 is 5.73 Å². The third kappa shape index (κ3) is 2.33. The number of nitrogens with two attached hydrogens (primary N) is 1. The molecule has 1 aromatic heterocycles. The number of rotatable bonds is 2. The molecule has 0 aliphatic carbocycles. The first-order valence-electron chi connectivity index (χ1n) is 4.82. The zero-order chi connectivity index (χ0) is 9.97. The quantitative estimate of drug-likeness (QED) is 0.756. The van der Waals surface area contributed by atoms with Crippen LogP contribution in [0.1, 0.15) is 19.0 Å². The molecule has 0 saturated heterocycles. The van der Waals surface area contributed by atoms with Crippen molar-refractivity contribution in [2.75, 3.05) is 18.8 Å². The van der Waals surface area contributed by atoms with Crippen LogP contribution in [0, 0.1) is 0 Å². The van der Waals surface area contributed by atoms with Crippen molar-refractivity contribution in [3.63, 3.8) is 0 Å². The highest BCUT2D eigenvalue weighted by molar-refractivity contribution is 7.13. The topological polar surface area (TPSA) is 42.1 Å². The molecular formula is C10H15N3S. The maximum atomic E-state index is 5.58. The van der Waals surface area contributed by atoms with E-state index in [2.05, 4.69) is 22.9 Å². The number of thiazole rings is 1. The van der Waals surface area contributed by atoms with E-state index in [1.807, 2.05) is 5.38 Å². The van der Waals surface area contributed by atoms with E-state index >= 15 is 0 Å². The molecule has 2 rings (SSSR count). The summed E-state index contributed by atoms with van der Waals surface area (Å²) in [5.41, 5.74) is 8.18. The Morgan fingerprint density at radius 2 is 2.50 bits per heavy atom. The van der Waals surface area contributed by atoms with Crippen LogP contribution in [0.3, 0.4) is 0 Å². The van der Waals surface area contributed by atoms with Gasteiger partial charge in [-0.2, -0.15) is 0 Å². The van der Waals surface area contributed by atoms with Crippen molar-refractivity contribution in [2.45, 2.75) is 19.9 Å². The van der Waals surface area contributed by atoms with Crippen molar-refractivity contribution in [3.8, 4) is 0 Å². The van der Waals surface area contributed by atoms with Gasteiger partial charge in [-0.25, -0.2) is 4.98 Å². The van der Waals surface area contributed by atoms with Gasteiger partial charge in [0.2, 0.25) is 0 Å². The highest BCUT2D eigenvalue weighted by Crippen LogP contribution is 2.16. The first-order valence-corrected chi connectivity index (χ1v) is 5.70. The second kappa shape index (κ2) is 4.11. The summed E-state index contributed by atoms with van der Waals surface area (Å²) in [6.07, 6.45) is 3.47. The van der Waals surface area contributed by atoms with Crippen LogP contribution in [-0.2, 0) is 6.54 Å². The normalized spacial score (nSPS) is 18.2. The minimum Gasteiger partial charge on any atom is -0.375 e. The lowest BCUT2D eigenvalue weighted by atomic mass is 10.1. The SMILES string of the molecule is CC1=CCN(Cc2csc(N)n2)CC1. The van der Waals surface area contributed by atoms with E-state index in [4.69, 9.17) is 5.73 Å². The Hall–Kier alpha value is -0.870. The molecule has 0 bridgehead atoms. The number of nitrogen functional groups attached to an aromatic ring is 1. The summed E-state index contributed by atoms with van der Waals surface area (Å²) in [4.78, 5) is 6.65. The molecule has 3 nitrogen and oxygen atoms in total. The number of anilines is 1. The van der Waals surface area contributed by atoms with Crippen LogP contribution >= 0.6 is 11.3 Å². The number of hydrogen-bond donors (Lipinski definition) is 1. The monoisotopic (exact) mass is 209 g/mol. The lowest BCUT2D eigenvalue weighted by Gasteiger charge is -2.24. The Balaban J connectivity index is 1.93. The molecule has 76 valence electrons. The van der Waals surface area contributed by atoms with E-state index in [1.165, 1.54) is 23.3 Å². The molecule has 0 atom stereocenters. The maximum Gasteiger partial charge on any atom is 0.180 e. The van der Waals surface area contributed by atoms with Gasteiger partial charge in [-0.1, -0.05) is 11.6 Å². The molecule has 0 radical (unpaired) electrons. The molecule has 1 aromatic rings. The smallest absolute Gasteiger partial charge is 0.180 e. The predicted octanol–water partition coefficient (Wildman–Crippen LogP) is 1.88. The third-order valence-electron chi connectivity index (χ3n) is 2.48. The molecule has 4 heteroatoms. The highest BCUT2D eigenvalue weighted by atomic mass is 32.1.